The van der Waals surface area contributed by atoms with Gasteiger partial charge in [-0.3, -0.25) is 4.57 Å². The molecule has 9 nitrogen and oxygen atoms in total. The van der Waals surface area contributed by atoms with Crippen LogP contribution in [-0.2, 0) is 20.8 Å². The second-order valence-corrected chi connectivity index (χ2v) is 11.7. The molecule has 2 aromatic heterocycles. The second-order valence-electron chi connectivity index (χ2n) is 10.0. The molecule has 0 bridgehead atoms. The molecule has 39 heavy (non-hydrogen) atoms. The summed E-state index contributed by atoms with van der Waals surface area (Å²) < 4.78 is 20.2. The predicted molar refractivity (Wildman–Crippen MR) is 150 cm³/mol. The quantitative estimate of drug-likeness (QED) is 0.233. The molecule has 1 N–H and O–H groups in total. The van der Waals surface area contributed by atoms with Crippen molar-refractivity contribution in [2.75, 3.05) is 11.9 Å². The average Bonchev–Trinajstić information content (AvgIpc) is 3.57. The van der Waals surface area contributed by atoms with Crippen LogP contribution in [0, 0.1) is 6.92 Å². The molecule has 4 heterocycles. The molecular formula is C28H28ClN5O4S. The van der Waals surface area contributed by atoms with Gasteiger partial charge in [-0.15, -0.1) is 11.8 Å². The molecule has 0 unspecified atom stereocenters. The number of esters is 1. The fraction of sp³-hybridized carbons (Fsp3) is 0.357. The van der Waals surface area contributed by atoms with Crippen LogP contribution in [0.3, 0.4) is 0 Å². The summed E-state index contributed by atoms with van der Waals surface area (Å²) >= 11 is 7.99. The summed E-state index contributed by atoms with van der Waals surface area (Å²) in [5, 5.41) is 3.12. The maximum absolute atomic E-state index is 12.6. The number of nitrogens with one attached hydrogen (secondary N) is 1. The largest absolute Gasteiger partial charge is 0.461 e. The number of nitrogens with zero attached hydrogens (tertiary/aromatic N) is 4. The number of hydrogen-bond acceptors (Lipinski definition) is 9. The van der Waals surface area contributed by atoms with Crippen LogP contribution >= 0.6 is 23.4 Å². The van der Waals surface area contributed by atoms with Gasteiger partial charge in [0.15, 0.2) is 22.8 Å². The Balaban J connectivity index is 1.26. The van der Waals surface area contributed by atoms with Gasteiger partial charge in [0, 0.05) is 6.54 Å². The van der Waals surface area contributed by atoms with E-state index in [9.17, 15) is 4.79 Å². The molecule has 0 amide bonds. The van der Waals surface area contributed by atoms with Gasteiger partial charge in [0.1, 0.15) is 24.2 Å². The van der Waals surface area contributed by atoms with E-state index in [1.165, 1.54) is 5.56 Å². The van der Waals surface area contributed by atoms with Crippen molar-refractivity contribution < 1.29 is 19.0 Å². The third-order valence-electron chi connectivity index (χ3n) is 6.89. The van der Waals surface area contributed by atoms with Crippen molar-refractivity contribution in [2.45, 2.75) is 55.9 Å². The van der Waals surface area contributed by atoms with Gasteiger partial charge in [0.2, 0.25) is 5.28 Å². The number of aromatic nitrogens is 4. The van der Waals surface area contributed by atoms with Crippen molar-refractivity contribution in [1.29, 1.82) is 0 Å². The Morgan fingerprint density at radius 1 is 1.10 bits per heavy atom. The average molecular weight is 566 g/mol. The van der Waals surface area contributed by atoms with Crippen molar-refractivity contribution in [3.8, 4) is 0 Å². The number of carbonyl (C=O) groups excluding carboxylic acids is 1. The molecule has 4 atom stereocenters. The number of anilines is 1. The number of aryl methyl sites for hydroxylation is 1. The normalized spacial score (nSPS) is 23.6. The molecular weight excluding hydrogens is 538 g/mol. The van der Waals surface area contributed by atoms with Crippen molar-refractivity contribution in [2.24, 2.45) is 0 Å². The summed E-state index contributed by atoms with van der Waals surface area (Å²) in [5.41, 5.74) is 4.05. The van der Waals surface area contributed by atoms with Crippen LogP contribution in [0.1, 0.15) is 40.7 Å². The van der Waals surface area contributed by atoms with Gasteiger partial charge >= 0.3 is 5.97 Å². The number of imidazole rings is 1. The van der Waals surface area contributed by atoms with Crippen LogP contribution in [0.5, 0.6) is 0 Å². The highest BCUT2D eigenvalue weighted by molar-refractivity contribution is 8.00. The Bertz CT molecular complexity index is 1510. The zero-order valence-electron chi connectivity index (χ0n) is 21.7. The maximum atomic E-state index is 12.6. The minimum Gasteiger partial charge on any atom is -0.461 e. The molecule has 11 heteroatoms. The number of halogens is 1. The van der Waals surface area contributed by atoms with Gasteiger partial charge in [-0.05, 0) is 55.6 Å². The molecule has 4 aromatic rings. The van der Waals surface area contributed by atoms with Gasteiger partial charge in [-0.25, -0.2) is 9.78 Å². The van der Waals surface area contributed by atoms with Crippen LogP contribution < -0.4 is 5.32 Å². The number of ether oxygens (including phenoxy) is 3. The summed E-state index contributed by atoms with van der Waals surface area (Å²) in [7, 11) is 0. The highest BCUT2D eigenvalue weighted by atomic mass is 35.5. The Kier molecular flexibility index (Phi) is 6.96. The van der Waals surface area contributed by atoms with E-state index in [1.54, 1.807) is 30.2 Å². The zero-order valence-corrected chi connectivity index (χ0v) is 23.3. The van der Waals surface area contributed by atoms with Gasteiger partial charge in [-0.2, -0.15) is 9.97 Å². The minimum atomic E-state index is -0.778. The lowest BCUT2D eigenvalue weighted by Crippen LogP contribution is -2.32. The van der Waals surface area contributed by atoms with Crippen molar-refractivity contribution >= 4 is 46.3 Å². The number of thioether (sulfide) groups is 1. The molecule has 0 aliphatic carbocycles. The summed E-state index contributed by atoms with van der Waals surface area (Å²) in [6.07, 6.45) is 1.14. The van der Waals surface area contributed by atoms with Crippen molar-refractivity contribution in [3.63, 3.8) is 0 Å². The first-order valence-corrected chi connectivity index (χ1v) is 14.0. The molecule has 202 valence electrons. The third-order valence-corrected chi connectivity index (χ3v) is 8.59. The highest BCUT2D eigenvalue weighted by Gasteiger charge is 2.56. The second kappa shape index (κ2) is 10.4. The van der Waals surface area contributed by atoms with Crippen molar-refractivity contribution in [3.05, 3.63) is 82.9 Å². The highest BCUT2D eigenvalue weighted by Crippen LogP contribution is 2.51. The maximum Gasteiger partial charge on any atom is 0.338 e. The van der Waals surface area contributed by atoms with E-state index >= 15 is 0 Å². The lowest BCUT2D eigenvalue weighted by atomic mass is 10.1. The van der Waals surface area contributed by atoms with E-state index in [4.69, 9.17) is 25.8 Å². The SMILES string of the molecule is Cc1ccccc1CNc1nc(Cl)nc2c1ncn2[C@@H]1S[C@H](COC(=O)c2ccccc2)[C@H]2OC(C)(C)O[C@H]21. The molecule has 2 aromatic carbocycles. The first kappa shape index (κ1) is 26.1. The van der Waals surface area contributed by atoms with Crippen LogP contribution in [-0.4, -0.2) is 55.3 Å². The lowest BCUT2D eigenvalue weighted by Gasteiger charge is -2.24. The summed E-state index contributed by atoms with van der Waals surface area (Å²) in [6, 6.07) is 17.1. The summed E-state index contributed by atoms with van der Waals surface area (Å²) in [5.74, 6) is -0.588. The monoisotopic (exact) mass is 565 g/mol. The Morgan fingerprint density at radius 2 is 1.85 bits per heavy atom. The van der Waals surface area contributed by atoms with Gasteiger partial charge in [0.05, 0.1) is 17.1 Å². The standard InChI is InChI=1S/C28H28ClN5O4S/c1-16-9-7-8-12-18(16)13-30-23-20-24(33-27(29)32-23)34(15-31-20)25-22-21(37-28(2,3)38-22)19(39-25)14-36-26(35)17-10-5-4-6-11-17/h4-12,15,19,21-22,25H,13-14H2,1-3H3,(H,30,32,33)/t19-,21-,22-,25-/m1/s1. The molecule has 2 fully saturated rings. The molecule has 2 saturated heterocycles. The van der Waals surface area contributed by atoms with Crippen LogP contribution in [0.25, 0.3) is 11.2 Å². The van der Waals surface area contributed by atoms with Gasteiger partial charge in [0.25, 0.3) is 0 Å². The fourth-order valence-electron chi connectivity index (χ4n) is 5.02. The molecule has 6 rings (SSSR count). The van der Waals surface area contributed by atoms with E-state index in [1.807, 2.05) is 48.7 Å². The molecule has 0 saturated carbocycles. The van der Waals surface area contributed by atoms with E-state index < -0.39 is 5.79 Å². The van der Waals surface area contributed by atoms with E-state index in [0.717, 1.165) is 5.56 Å². The first-order chi connectivity index (χ1) is 18.8. The lowest BCUT2D eigenvalue weighted by molar-refractivity contribution is -0.149. The number of carbonyl (C=O) groups is 1. The predicted octanol–water partition coefficient (Wildman–Crippen LogP) is 5.39. The Morgan fingerprint density at radius 3 is 2.64 bits per heavy atom. The summed E-state index contributed by atoms with van der Waals surface area (Å²) in [4.78, 5) is 26.2. The topological polar surface area (TPSA) is 100 Å². The van der Waals surface area contributed by atoms with Crippen LogP contribution in [0.4, 0.5) is 5.82 Å². The Labute approximate surface area is 235 Å². The number of rotatable bonds is 7. The van der Waals surface area contributed by atoms with E-state index in [2.05, 4.69) is 39.3 Å². The molecule has 0 spiro atoms. The van der Waals surface area contributed by atoms with Gasteiger partial charge < -0.3 is 19.5 Å². The third kappa shape index (κ3) is 5.21. The first-order valence-electron chi connectivity index (χ1n) is 12.7. The smallest absolute Gasteiger partial charge is 0.338 e. The van der Waals surface area contributed by atoms with Crippen LogP contribution in [0.15, 0.2) is 60.9 Å². The molecule has 2 aliphatic rings. The number of hydrogen-bond donors (Lipinski definition) is 1. The van der Waals surface area contributed by atoms with Crippen LogP contribution in [0.2, 0.25) is 5.28 Å². The van der Waals surface area contributed by atoms with E-state index in [-0.39, 0.29) is 40.7 Å². The molecule has 2 aliphatic heterocycles. The fourth-order valence-corrected chi connectivity index (χ4v) is 6.70. The summed E-state index contributed by atoms with van der Waals surface area (Å²) in [6.45, 7) is 6.60. The van der Waals surface area contributed by atoms with Gasteiger partial charge in [-0.1, -0.05) is 42.5 Å². The Hall–Kier alpha value is -3.18. The zero-order chi connectivity index (χ0) is 27.1. The molecule has 0 radical (unpaired) electrons. The van der Waals surface area contributed by atoms with E-state index in [0.29, 0.717) is 29.1 Å². The van der Waals surface area contributed by atoms with Crippen molar-refractivity contribution in [1.82, 2.24) is 19.5 Å². The minimum absolute atomic E-state index is 0.119. The number of benzene rings is 2. The number of fused-ring (bicyclic) bond motifs is 2.